The second kappa shape index (κ2) is 5.82. The Balaban J connectivity index is 1.78. The number of ether oxygens (including phenoxy) is 2. The quantitative estimate of drug-likeness (QED) is 0.584. The van der Waals surface area contributed by atoms with Crippen molar-refractivity contribution >= 4 is 22.6 Å². The van der Waals surface area contributed by atoms with Crippen LogP contribution in [0.3, 0.4) is 0 Å². The van der Waals surface area contributed by atoms with Gasteiger partial charge in [-0.1, -0.05) is 35.4 Å². The fourth-order valence-corrected chi connectivity index (χ4v) is 3.51. The van der Waals surface area contributed by atoms with Crippen molar-refractivity contribution in [3.63, 3.8) is 0 Å². The minimum atomic E-state index is 0.140. The summed E-state index contributed by atoms with van der Waals surface area (Å²) in [5.74, 6) is 0.840. The van der Waals surface area contributed by atoms with Crippen molar-refractivity contribution in [1.82, 2.24) is 0 Å². The molecule has 0 aromatic heterocycles. The highest BCUT2D eigenvalue weighted by Crippen LogP contribution is 2.31. The van der Waals surface area contributed by atoms with Crippen LogP contribution in [0.5, 0.6) is 0 Å². The molecule has 0 aromatic rings. The van der Waals surface area contributed by atoms with E-state index in [1.807, 2.05) is 0 Å². The summed E-state index contributed by atoms with van der Waals surface area (Å²) in [6.07, 6.45) is 7.76. The van der Waals surface area contributed by atoms with E-state index in [0.717, 1.165) is 43.0 Å². The van der Waals surface area contributed by atoms with E-state index < -0.39 is 0 Å². The van der Waals surface area contributed by atoms with Crippen LogP contribution < -0.4 is 0 Å². The number of alkyl halides is 1. The van der Waals surface area contributed by atoms with Crippen molar-refractivity contribution in [2.45, 2.75) is 44.1 Å². The molecule has 0 radical (unpaired) electrons. The lowest BCUT2D eigenvalue weighted by molar-refractivity contribution is -0.103. The zero-order valence-electron chi connectivity index (χ0n) is 9.34. The Morgan fingerprint density at radius 2 is 1.87 bits per heavy atom. The predicted molar refractivity (Wildman–Crippen MR) is 69.6 cm³/mol. The number of hydrogen-bond donors (Lipinski definition) is 0. The molecule has 2 rings (SSSR count). The molecule has 0 unspecified atom stereocenters. The number of rotatable bonds is 4. The van der Waals surface area contributed by atoms with Gasteiger partial charge < -0.3 is 9.47 Å². The molecule has 1 aliphatic carbocycles. The van der Waals surface area contributed by atoms with Gasteiger partial charge in [0.15, 0.2) is 0 Å². The Labute approximate surface area is 106 Å². The zero-order chi connectivity index (χ0) is 10.6. The van der Waals surface area contributed by atoms with Crippen molar-refractivity contribution in [1.29, 1.82) is 0 Å². The van der Waals surface area contributed by atoms with E-state index in [1.165, 1.54) is 25.7 Å². The standard InChI is InChI=1S/C12H21IO2/c13-10-12(5-7-14-8-6-12)15-9-11-3-1-2-4-11/h11H,1-10H2. The van der Waals surface area contributed by atoms with Gasteiger partial charge in [0.05, 0.1) is 12.2 Å². The highest BCUT2D eigenvalue weighted by atomic mass is 127. The molecule has 0 amide bonds. The average Bonchev–Trinajstić information content (AvgIpc) is 2.81. The molecule has 2 nitrogen and oxygen atoms in total. The van der Waals surface area contributed by atoms with E-state index in [2.05, 4.69) is 22.6 Å². The summed E-state index contributed by atoms with van der Waals surface area (Å²) in [4.78, 5) is 0. The lowest BCUT2D eigenvalue weighted by Gasteiger charge is -2.36. The summed E-state index contributed by atoms with van der Waals surface area (Å²) >= 11 is 2.47. The van der Waals surface area contributed by atoms with Crippen LogP contribution >= 0.6 is 22.6 Å². The molecular formula is C12H21IO2. The van der Waals surface area contributed by atoms with Crippen LogP contribution in [0.25, 0.3) is 0 Å². The van der Waals surface area contributed by atoms with Crippen LogP contribution in [0.15, 0.2) is 0 Å². The minimum absolute atomic E-state index is 0.140. The zero-order valence-corrected chi connectivity index (χ0v) is 11.5. The molecule has 1 heterocycles. The molecule has 2 fully saturated rings. The molecule has 0 atom stereocenters. The molecule has 0 N–H and O–H groups in total. The Morgan fingerprint density at radius 3 is 2.47 bits per heavy atom. The SMILES string of the molecule is ICC1(OCC2CCCC2)CCOCC1. The summed E-state index contributed by atoms with van der Waals surface area (Å²) in [6, 6.07) is 0. The van der Waals surface area contributed by atoms with Gasteiger partial charge in [-0.2, -0.15) is 0 Å². The van der Waals surface area contributed by atoms with Crippen molar-refractivity contribution in [3.8, 4) is 0 Å². The van der Waals surface area contributed by atoms with Crippen molar-refractivity contribution < 1.29 is 9.47 Å². The van der Waals surface area contributed by atoms with Gasteiger partial charge in [0.1, 0.15) is 0 Å². The van der Waals surface area contributed by atoms with Crippen LogP contribution in [0.1, 0.15) is 38.5 Å². The van der Waals surface area contributed by atoms with Gasteiger partial charge in [-0.15, -0.1) is 0 Å². The normalized spacial score (nSPS) is 27.0. The lowest BCUT2D eigenvalue weighted by Crippen LogP contribution is -2.41. The van der Waals surface area contributed by atoms with E-state index in [0.29, 0.717) is 0 Å². The molecule has 1 aliphatic heterocycles. The molecule has 0 spiro atoms. The summed E-state index contributed by atoms with van der Waals surface area (Å²) in [5, 5.41) is 0. The second-order valence-corrected chi connectivity index (χ2v) is 5.65. The van der Waals surface area contributed by atoms with Gasteiger partial charge >= 0.3 is 0 Å². The van der Waals surface area contributed by atoms with Crippen LogP contribution in [0, 0.1) is 5.92 Å². The summed E-state index contributed by atoms with van der Waals surface area (Å²) in [7, 11) is 0. The van der Waals surface area contributed by atoms with Crippen molar-refractivity contribution in [3.05, 3.63) is 0 Å². The molecule has 0 aromatic carbocycles. The van der Waals surface area contributed by atoms with Crippen molar-refractivity contribution in [2.75, 3.05) is 24.2 Å². The van der Waals surface area contributed by atoms with E-state index in [-0.39, 0.29) is 5.60 Å². The smallest absolute Gasteiger partial charge is 0.0815 e. The van der Waals surface area contributed by atoms with E-state index in [9.17, 15) is 0 Å². The first kappa shape index (κ1) is 12.1. The fraction of sp³-hybridized carbons (Fsp3) is 1.00. The first-order valence-electron chi connectivity index (χ1n) is 6.12. The average molecular weight is 324 g/mol. The molecule has 2 aliphatic rings. The molecule has 0 bridgehead atoms. The Kier molecular flexibility index (Phi) is 4.70. The third-order valence-corrected chi connectivity index (χ3v) is 5.14. The molecular weight excluding hydrogens is 303 g/mol. The first-order valence-corrected chi connectivity index (χ1v) is 7.65. The van der Waals surface area contributed by atoms with Gasteiger partial charge in [0, 0.05) is 30.5 Å². The summed E-state index contributed by atoms with van der Waals surface area (Å²) < 4.78 is 12.7. The first-order chi connectivity index (χ1) is 7.35. The van der Waals surface area contributed by atoms with E-state index in [4.69, 9.17) is 9.47 Å². The van der Waals surface area contributed by atoms with Gasteiger partial charge in [-0.25, -0.2) is 0 Å². The van der Waals surface area contributed by atoms with Gasteiger partial charge in [0.2, 0.25) is 0 Å². The fourth-order valence-electron chi connectivity index (χ4n) is 2.53. The Morgan fingerprint density at radius 1 is 1.20 bits per heavy atom. The third kappa shape index (κ3) is 3.30. The highest BCUT2D eigenvalue weighted by Gasteiger charge is 2.33. The van der Waals surface area contributed by atoms with E-state index >= 15 is 0 Å². The topological polar surface area (TPSA) is 18.5 Å². The summed E-state index contributed by atoms with van der Waals surface area (Å²) in [5.41, 5.74) is 0.140. The largest absolute Gasteiger partial charge is 0.381 e. The maximum atomic E-state index is 6.22. The van der Waals surface area contributed by atoms with Crippen LogP contribution in [-0.4, -0.2) is 29.8 Å². The number of halogens is 1. The predicted octanol–water partition coefficient (Wildman–Crippen LogP) is 3.18. The van der Waals surface area contributed by atoms with Crippen LogP contribution in [0.2, 0.25) is 0 Å². The Hall–Kier alpha value is 0.650. The molecule has 1 saturated heterocycles. The minimum Gasteiger partial charge on any atom is -0.381 e. The molecule has 88 valence electrons. The summed E-state index contributed by atoms with van der Waals surface area (Å²) in [6.45, 7) is 2.75. The van der Waals surface area contributed by atoms with Gasteiger partial charge in [0.25, 0.3) is 0 Å². The van der Waals surface area contributed by atoms with E-state index in [1.54, 1.807) is 0 Å². The van der Waals surface area contributed by atoms with Crippen LogP contribution in [0.4, 0.5) is 0 Å². The number of hydrogen-bond acceptors (Lipinski definition) is 2. The second-order valence-electron chi connectivity index (χ2n) is 4.89. The molecule has 15 heavy (non-hydrogen) atoms. The molecule has 3 heteroatoms. The van der Waals surface area contributed by atoms with Gasteiger partial charge in [-0.05, 0) is 18.8 Å². The third-order valence-electron chi connectivity index (χ3n) is 3.75. The molecule has 1 saturated carbocycles. The monoisotopic (exact) mass is 324 g/mol. The van der Waals surface area contributed by atoms with Crippen LogP contribution in [-0.2, 0) is 9.47 Å². The van der Waals surface area contributed by atoms with Crippen molar-refractivity contribution in [2.24, 2.45) is 5.92 Å². The lowest BCUT2D eigenvalue weighted by atomic mass is 9.96. The van der Waals surface area contributed by atoms with Gasteiger partial charge in [-0.3, -0.25) is 0 Å². The Bertz CT molecular complexity index is 184. The maximum absolute atomic E-state index is 6.22. The highest BCUT2D eigenvalue weighted by molar-refractivity contribution is 14.1. The maximum Gasteiger partial charge on any atom is 0.0815 e.